The monoisotopic (exact) mass is 349 g/mol. The molecule has 1 aliphatic heterocycles. The Morgan fingerprint density at radius 1 is 0.960 bits per heavy atom. The van der Waals surface area contributed by atoms with Crippen LogP contribution in [0.3, 0.4) is 0 Å². The van der Waals surface area contributed by atoms with E-state index in [0.717, 1.165) is 38.2 Å². The Morgan fingerprint density at radius 3 is 2.56 bits per heavy atom. The molecule has 0 saturated carbocycles. The second-order valence-corrected chi connectivity index (χ2v) is 7.32. The third-order valence-electron chi connectivity index (χ3n) is 4.85. The van der Waals surface area contributed by atoms with E-state index in [1.165, 1.54) is 21.5 Å². The largest absolute Gasteiger partial charge is 0.368 e. The van der Waals surface area contributed by atoms with Crippen molar-refractivity contribution in [3.8, 4) is 0 Å². The molecule has 3 nitrogen and oxygen atoms in total. The number of piperazine rings is 1. The first-order chi connectivity index (χ1) is 12.3. The molecule has 2 heterocycles. The molecule has 128 valence electrons. The molecule has 0 spiro atoms. The highest BCUT2D eigenvalue weighted by atomic mass is 32.2. The lowest BCUT2D eigenvalue weighted by molar-refractivity contribution is 0.249. The van der Waals surface area contributed by atoms with Gasteiger partial charge in [0.1, 0.15) is 0 Å². The number of para-hydroxylation sites is 2. The molecule has 1 aliphatic rings. The van der Waals surface area contributed by atoms with Gasteiger partial charge in [0.05, 0.1) is 11.2 Å². The van der Waals surface area contributed by atoms with E-state index in [-0.39, 0.29) is 0 Å². The molecule has 0 unspecified atom stereocenters. The highest BCUT2D eigenvalue weighted by Gasteiger charge is 2.19. The Kier molecular flexibility index (Phi) is 4.90. The summed E-state index contributed by atoms with van der Waals surface area (Å²) in [5.41, 5.74) is 3.75. The highest BCUT2D eigenvalue weighted by molar-refractivity contribution is 7.98. The minimum Gasteiger partial charge on any atom is -0.368 e. The summed E-state index contributed by atoms with van der Waals surface area (Å²) in [5.74, 6) is 0. The number of nitrogens with zero attached hydrogens (tertiary/aromatic N) is 3. The zero-order valence-corrected chi connectivity index (χ0v) is 15.4. The summed E-state index contributed by atoms with van der Waals surface area (Å²) < 4.78 is 0. The lowest BCUT2D eigenvalue weighted by Gasteiger charge is -2.36. The molecule has 0 radical (unpaired) electrons. The third kappa shape index (κ3) is 3.65. The van der Waals surface area contributed by atoms with E-state index in [2.05, 4.69) is 69.6 Å². The van der Waals surface area contributed by atoms with E-state index in [1.807, 2.05) is 24.0 Å². The minimum absolute atomic E-state index is 0.982. The number of thioether (sulfide) groups is 1. The molecule has 4 heteroatoms. The number of hydrogen-bond donors (Lipinski definition) is 0. The maximum atomic E-state index is 4.59. The van der Waals surface area contributed by atoms with Crippen LogP contribution < -0.4 is 4.90 Å². The summed E-state index contributed by atoms with van der Waals surface area (Å²) in [4.78, 5) is 11.0. The fraction of sp³-hybridized carbons (Fsp3) is 0.286. The van der Waals surface area contributed by atoms with Gasteiger partial charge in [-0.25, -0.2) is 0 Å². The molecule has 0 bridgehead atoms. The SMILES string of the molecule is CSc1ccccc1N1CCN(Cc2cnc3ccccc3c2)CC1. The summed E-state index contributed by atoms with van der Waals surface area (Å²) >= 11 is 1.83. The van der Waals surface area contributed by atoms with Gasteiger partial charge in [0.25, 0.3) is 0 Å². The summed E-state index contributed by atoms with van der Waals surface area (Å²) in [6.07, 6.45) is 4.18. The van der Waals surface area contributed by atoms with Gasteiger partial charge in [-0.05, 0) is 36.1 Å². The van der Waals surface area contributed by atoms with Crippen LogP contribution >= 0.6 is 11.8 Å². The standard InChI is InChI=1S/C21H23N3S/c1-25-21-9-5-4-8-20(21)24-12-10-23(11-13-24)16-17-14-18-6-2-3-7-19(18)22-15-17/h2-9,14-15H,10-13,16H2,1H3. The van der Waals surface area contributed by atoms with Gasteiger partial charge in [0, 0.05) is 49.2 Å². The average molecular weight is 350 g/mol. The van der Waals surface area contributed by atoms with Crippen LogP contribution in [-0.2, 0) is 6.54 Å². The van der Waals surface area contributed by atoms with Crippen molar-refractivity contribution in [1.29, 1.82) is 0 Å². The van der Waals surface area contributed by atoms with Crippen molar-refractivity contribution in [1.82, 2.24) is 9.88 Å². The van der Waals surface area contributed by atoms with E-state index in [1.54, 1.807) is 0 Å². The number of benzene rings is 2. The molecule has 0 atom stereocenters. The molecule has 0 N–H and O–H groups in total. The number of rotatable bonds is 4. The van der Waals surface area contributed by atoms with E-state index < -0.39 is 0 Å². The van der Waals surface area contributed by atoms with Gasteiger partial charge in [-0.3, -0.25) is 9.88 Å². The molecule has 1 fully saturated rings. The van der Waals surface area contributed by atoms with Gasteiger partial charge in [-0.15, -0.1) is 11.8 Å². The van der Waals surface area contributed by atoms with Gasteiger partial charge in [0.2, 0.25) is 0 Å². The zero-order chi connectivity index (χ0) is 17.1. The minimum atomic E-state index is 0.982. The van der Waals surface area contributed by atoms with Gasteiger partial charge < -0.3 is 4.90 Å². The molecular weight excluding hydrogens is 326 g/mol. The van der Waals surface area contributed by atoms with Crippen LogP contribution in [0, 0.1) is 0 Å². The molecule has 1 aromatic heterocycles. The maximum Gasteiger partial charge on any atom is 0.0702 e. The Balaban J connectivity index is 1.41. The van der Waals surface area contributed by atoms with Gasteiger partial charge in [-0.1, -0.05) is 30.3 Å². The predicted molar refractivity (Wildman–Crippen MR) is 107 cm³/mol. The smallest absolute Gasteiger partial charge is 0.0702 e. The Bertz CT molecular complexity index is 856. The summed E-state index contributed by atoms with van der Waals surface area (Å²) in [6, 6.07) is 19.3. The fourth-order valence-corrected chi connectivity index (χ4v) is 4.12. The fourth-order valence-electron chi connectivity index (χ4n) is 3.50. The van der Waals surface area contributed by atoms with Crippen molar-refractivity contribution >= 4 is 28.4 Å². The highest BCUT2D eigenvalue weighted by Crippen LogP contribution is 2.29. The number of fused-ring (bicyclic) bond motifs is 1. The lowest BCUT2D eigenvalue weighted by atomic mass is 10.1. The normalized spacial score (nSPS) is 15.6. The van der Waals surface area contributed by atoms with E-state index in [9.17, 15) is 0 Å². The van der Waals surface area contributed by atoms with Crippen LogP contribution in [0.15, 0.2) is 65.7 Å². The lowest BCUT2D eigenvalue weighted by Crippen LogP contribution is -2.46. The second-order valence-electron chi connectivity index (χ2n) is 6.47. The van der Waals surface area contributed by atoms with Crippen molar-refractivity contribution in [3.05, 3.63) is 66.4 Å². The predicted octanol–water partition coefficient (Wildman–Crippen LogP) is 4.28. The quantitative estimate of drug-likeness (QED) is 0.655. The van der Waals surface area contributed by atoms with Crippen LogP contribution in [0.1, 0.15) is 5.56 Å². The summed E-state index contributed by atoms with van der Waals surface area (Å²) in [6.45, 7) is 5.33. The van der Waals surface area contributed by atoms with Crippen LogP contribution in [0.4, 0.5) is 5.69 Å². The van der Waals surface area contributed by atoms with Crippen molar-refractivity contribution < 1.29 is 0 Å². The first-order valence-corrected chi connectivity index (χ1v) is 10.00. The molecule has 4 rings (SSSR count). The molecule has 0 aliphatic carbocycles. The molecule has 0 amide bonds. The number of aromatic nitrogens is 1. The first kappa shape index (κ1) is 16.4. The zero-order valence-electron chi connectivity index (χ0n) is 14.6. The van der Waals surface area contributed by atoms with Crippen molar-refractivity contribution in [3.63, 3.8) is 0 Å². The van der Waals surface area contributed by atoms with Crippen LogP contribution in [-0.4, -0.2) is 42.3 Å². The molecular formula is C21H23N3S. The Labute approximate surface area is 153 Å². The van der Waals surface area contributed by atoms with Gasteiger partial charge in [0.15, 0.2) is 0 Å². The third-order valence-corrected chi connectivity index (χ3v) is 5.64. The van der Waals surface area contributed by atoms with E-state index in [0.29, 0.717) is 0 Å². The average Bonchev–Trinajstić information content (AvgIpc) is 2.68. The Morgan fingerprint density at radius 2 is 1.72 bits per heavy atom. The van der Waals surface area contributed by atoms with E-state index in [4.69, 9.17) is 0 Å². The van der Waals surface area contributed by atoms with E-state index >= 15 is 0 Å². The molecule has 1 saturated heterocycles. The van der Waals surface area contributed by atoms with Crippen LogP contribution in [0.25, 0.3) is 10.9 Å². The van der Waals surface area contributed by atoms with Gasteiger partial charge in [-0.2, -0.15) is 0 Å². The maximum absolute atomic E-state index is 4.59. The van der Waals surface area contributed by atoms with Crippen LogP contribution in [0.2, 0.25) is 0 Å². The first-order valence-electron chi connectivity index (χ1n) is 8.77. The summed E-state index contributed by atoms with van der Waals surface area (Å²) in [7, 11) is 0. The Hall–Kier alpha value is -2.04. The topological polar surface area (TPSA) is 19.4 Å². The summed E-state index contributed by atoms with van der Waals surface area (Å²) in [5, 5.41) is 1.23. The van der Waals surface area contributed by atoms with Gasteiger partial charge >= 0.3 is 0 Å². The van der Waals surface area contributed by atoms with Crippen molar-refractivity contribution in [2.24, 2.45) is 0 Å². The van der Waals surface area contributed by atoms with Crippen molar-refractivity contribution in [2.75, 3.05) is 37.3 Å². The number of pyridine rings is 1. The molecule has 25 heavy (non-hydrogen) atoms. The number of hydrogen-bond acceptors (Lipinski definition) is 4. The molecule has 3 aromatic rings. The van der Waals surface area contributed by atoms with Crippen molar-refractivity contribution in [2.45, 2.75) is 11.4 Å². The second kappa shape index (κ2) is 7.46. The van der Waals surface area contributed by atoms with Crippen LogP contribution in [0.5, 0.6) is 0 Å². The molecule has 2 aromatic carbocycles. The number of anilines is 1.